The van der Waals surface area contributed by atoms with Crippen LogP contribution in [0.4, 0.5) is 5.69 Å². The molecule has 17 heavy (non-hydrogen) atoms. The van der Waals surface area contributed by atoms with Crippen LogP contribution in [-0.2, 0) is 4.79 Å². The Kier molecular flexibility index (Phi) is 5.05. The van der Waals surface area contributed by atoms with Gasteiger partial charge >= 0.3 is 0 Å². The van der Waals surface area contributed by atoms with Gasteiger partial charge in [-0.05, 0) is 12.1 Å². The first kappa shape index (κ1) is 13.6. The Balaban J connectivity index is 2.64. The van der Waals surface area contributed by atoms with E-state index in [1.54, 1.807) is 30.3 Å². The Morgan fingerprint density at radius 3 is 2.41 bits per heavy atom. The topological polar surface area (TPSA) is 107 Å². The molecule has 0 saturated heterocycles. The van der Waals surface area contributed by atoms with Crippen LogP contribution in [0.15, 0.2) is 30.3 Å². The summed E-state index contributed by atoms with van der Waals surface area (Å²) in [6, 6.07) is 8.42. The highest BCUT2D eigenvalue weighted by atomic mass is 16.3. The minimum absolute atomic E-state index is 0.254. The van der Waals surface area contributed by atoms with Crippen molar-refractivity contribution in [2.75, 3.05) is 11.6 Å². The van der Waals surface area contributed by atoms with Crippen LogP contribution in [0.5, 0.6) is 0 Å². The van der Waals surface area contributed by atoms with Gasteiger partial charge in [-0.3, -0.25) is 4.79 Å². The van der Waals surface area contributed by atoms with Gasteiger partial charge in [-0.15, -0.1) is 0 Å². The second-order valence-corrected chi connectivity index (χ2v) is 3.63. The molecule has 0 spiro atoms. The number of nitrogens with zero attached hydrogens (tertiary/aromatic N) is 1. The Hall–Kier alpha value is -1.47. The van der Waals surface area contributed by atoms with Crippen molar-refractivity contribution in [2.24, 2.45) is 5.84 Å². The highest BCUT2D eigenvalue weighted by molar-refractivity contribution is 5.95. The Labute approximate surface area is 98.9 Å². The molecule has 6 heteroatoms. The first-order valence-corrected chi connectivity index (χ1v) is 5.17. The van der Waals surface area contributed by atoms with Gasteiger partial charge in [0.25, 0.3) is 5.91 Å². The van der Waals surface area contributed by atoms with Gasteiger partial charge in [-0.2, -0.15) is 0 Å². The van der Waals surface area contributed by atoms with Crippen LogP contribution in [0.1, 0.15) is 6.42 Å². The fourth-order valence-corrected chi connectivity index (χ4v) is 1.31. The Morgan fingerprint density at radius 1 is 1.29 bits per heavy atom. The first-order valence-electron chi connectivity index (χ1n) is 5.17. The molecule has 0 aliphatic rings. The van der Waals surface area contributed by atoms with E-state index in [1.165, 1.54) is 0 Å². The van der Waals surface area contributed by atoms with Gasteiger partial charge in [0.05, 0.1) is 18.4 Å². The molecule has 1 aromatic carbocycles. The molecule has 0 aromatic heterocycles. The van der Waals surface area contributed by atoms with Crippen LogP contribution in [0, 0.1) is 0 Å². The number of anilines is 1. The average Bonchev–Trinajstić information content (AvgIpc) is 2.37. The summed E-state index contributed by atoms with van der Waals surface area (Å²) in [6.07, 6.45) is -2.84. The zero-order valence-corrected chi connectivity index (χ0v) is 9.23. The minimum atomic E-state index is -1.44. The molecule has 0 fully saturated rings. The molecule has 1 rings (SSSR count). The maximum Gasteiger partial charge on any atom is 0.270 e. The molecule has 0 unspecified atom stereocenters. The lowest BCUT2D eigenvalue weighted by Gasteiger charge is -2.21. The second-order valence-electron chi connectivity index (χ2n) is 3.63. The summed E-state index contributed by atoms with van der Waals surface area (Å²) >= 11 is 0. The SMILES string of the molecule is NN(C(=O)[C@H](O)C[C@H](O)CO)c1ccccc1. The zero-order chi connectivity index (χ0) is 12.8. The van der Waals surface area contributed by atoms with Gasteiger partial charge in [0.2, 0.25) is 0 Å². The third kappa shape index (κ3) is 3.79. The number of carbonyl (C=O) groups excluding carboxylic acids is 1. The van der Waals surface area contributed by atoms with Crippen LogP contribution in [0.2, 0.25) is 0 Å². The van der Waals surface area contributed by atoms with Crippen molar-refractivity contribution in [1.82, 2.24) is 0 Å². The third-order valence-corrected chi connectivity index (χ3v) is 2.26. The second kappa shape index (κ2) is 6.31. The summed E-state index contributed by atoms with van der Waals surface area (Å²) in [4.78, 5) is 11.7. The number of para-hydroxylation sites is 1. The highest BCUT2D eigenvalue weighted by Crippen LogP contribution is 2.11. The van der Waals surface area contributed by atoms with Gasteiger partial charge in [-0.25, -0.2) is 10.9 Å². The Bertz CT molecular complexity index is 358. The summed E-state index contributed by atoms with van der Waals surface area (Å²) in [5.74, 6) is 4.80. The Morgan fingerprint density at radius 2 is 1.88 bits per heavy atom. The van der Waals surface area contributed by atoms with Crippen LogP contribution in [-0.4, -0.2) is 40.0 Å². The van der Waals surface area contributed by atoms with Gasteiger partial charge in [0.15, 0.2) is 0 Å². The molecule has 6 nitrogen and oxygen atoms in total. The van der Waals surface area contributed by atoms with Crippen molar-refractivity contribution in [2.45, 2.75) is 18.6 Å². The number of hydrazine groups is 1. The molecule has 0 bridgehead atoms. The van der Waals surface area contributed by atoms with Crippen molar-refractivity contribution in [3.05, 3.63) is 30.3 Å². The van der Waals surface area contributed by atoms with E-state index in [9.17, 15) is 9.90 Å². The molecule has 1 aromatic rings. The summed E-state index contributed by atoms with van der Waals surface area (Å²) in [5, 5.41) is 28.0. The molecule has 0 aliphatic carbocycles. The maximum atomic E-state index is 11.7. The molecule has 0 aliphatic heterocycles. The lowest BCUT2D eigenvalue weighted by Crippen LogP contribution is -2.45. The number of hydrogen-bond acceptors (Lipinski definition) is 5. The third-order valence-electron chi connectivity index (χ3n) is 2.26. The number of aliphatic hydroxyl groups is 3. The van der Waals surface area contributed by atoms with Crippen molar-refractivity contribution in [3.8, 4) is 0 Å². The molecule has 1 amide bonds. The first-order chi connectivity index (χ1) is 8.06. The molecular weight excluding hydrogens is 224 g/mol. The normalized spacial score (nSPS) is 14.1. The quantitative estimate of drug-likeness (QED) is 0.300. The van der Waals surface area contributed by atoms with E-state index in [0.29, 0.717) is 5.69 Å². The number of rotatable bonds is 5. The van der Waals surface area contributed by atoms with Gasteiger partial charge in [-0.1, -0.05) is 18.2 Å². The summed E-state index contributed by atoms with van der Waals surface area (Å²) in [7, 11) is 0. The highest BCUT2D eigenvalue weighted by Gasteiger charge is 2.23. The maximum absolute atomic E-state index is 11.7. The van der Waals surface area contributed by atoms with Crippen LogP contribution < -0.4 is 10.9 Å². The molecule has 0 heterocycles. The zero-order valence-electron chi connectivity index (χ0n) is 9.23. The van der Waals surface area contributed by atoms with Gasteiger partial charge < -0.3 is 15.3 Å². The standard InChI is InChI=1S/C11H16N2O4/c12-13(8-4-2-1-3-5-8)11(17)10(16)6-9(15)7-14/h1-5,9-10,14-16H,6-7,12H2/t9-,10+/m0/s1. The fraction of sp³-hybridized carbons (Fsp3) is 0.364. The van der Waals surface area contributed by atoms with Crippen LogP contribution in [0.3, 0.4) is 0 Å². The summed E-state index contributed by atoms with van der Waals surface area (Å²) < 4.78 is 0. The van der Waals surface area contributed by atoms with E-state index in [-0.39, 0.29) is 6.42 Å². The van der Waals surface area contributed by atoms with Crippen molar-refractivity contribution in [1.29, 1.82) is 0 Å². The summed E-state index contributed by atoms with van der Waals surface area (Å²) in [6.45, 7) is -0.514. The minimum Gasteiger partial charge on any atom is -0.394 e. The molecule has 0 radical (unpaired) electrons. The monoisotopic (exact) mass is 240 g/mol. The predicted molar refractivity (Wildman–Crippen MR) is 61.8 cm³/mol. The van der Waals surface area contributed by atoms with E-state index in [2.05, 4.69) is 0 Å². The fourth-order valence-electron chi connectivity index (χ4n) is 1.31. The summed E-state index contributed by atoms with van der Waals surface area (Å²) in [5.41, 5.74) is 0.440. The van der Waals surface area contributed by atoms with E-state index in [1.807, 2.05) is 0 Å². The van der Waals surface area contributed by atoms with Gasteiger partial charge in [0.1, 0.15) is 6.10 Å². The van der Waals surface area contributed by atoms with E-state index in [4.69, 9.17) is 16.1 Å². The number of hydrogen-bond donors (Lipinski definition) is 4. The lowest BCUT2D eigenvalue weighted by atomic mass is 10.1. The van der Waals surface area contributed by atoms with E-state index in [0.717, 1.165) is 5.01 Å². The molecule has 94 valence electrons. The van der Waals surface area contributed by atoms with Crippen LogP contribution in [0.25, 0.3) is 0 Å². The lowest BCUT2D eigenvalue weighted by molar-refractivity contribution is -0.128. The van der Waals surface area contributed by atoms with E-state index >= 15 is 0 Å². The largest absolute Gasteiger partial charge is 0.394 e. The number of carbonyl (C=O) groups is 1. The van der Waals surface area contributed by atoms with Gasteiger partial charge in [0, 0.05) is 6.42 Å². The molecule has 2 atom stereocenters. The van der Waals surface area contributed by atoms with Crippen molar-refractivity contribution >= 4 is 11.6 Å². The van der Waals surface area contributed by atoms with Crippen molar-refractivity contribution in [3.63, 3.8) is 0 Å². The van der Waals surface area contributed by atoms with Crippen LogP contribution >= 0.6 is 0 Å². The number of amides is 1. The smallest absolute Gasteiger partial charge is 0.270 e. The average molecular weight is 240 g/mol. The van der Waals surface area contributed by atoms with Crippen molar-refractivity contribution < 1.29 is 20.1 Å². The number of aliphatic hydroxyl groups excluding tert-OH is 3. The molecule has 5 N–H and O–H groups in total. The van der Waals surface area contributed by atoms with E-state index < -0.39 is 24.7 Å². The molecular formula is C11H16N2O4. The number of benzene rings is 1. The molecule has 0 saturated carbocycles. The predicted octanol–water partition coefficient (Wildman–Crippen LogP) is -1.00. The number of nitrogens with two attached hydrogens (primary N) is 1.